The standard InChI is InChI=1S/C3H4BrN3/c1-7-5-2-3(4)6-7/h2H,1H3/i1D. The van der Waals surface area contributed by atoms with E-state index in [2.05, 4.69) is 26.1 Å². The van der Waals surface area contributed by atoms with Gasteiger partial charge in [0, 0.05) is 8.39 Å². The van der Waals surface area contributed by atoms with E-state index in [1.54, 1.807) is 6.20 Å². The molecule has 0 radical (unpaired) electrons. The van der Waals surface area contributed by atoms with Crippen molar-refractivity contribution in [2.45, 2.75) is 0 Å². The lowest BCUT2D eigenvalue weighted by Crippen LogP contribution is -1.90. The van der Waals surface area contributed by atoms with Crippen LogP contribution in [0.4, 0.5) is 0 Å². The van der Waals surface area contributed by atoms with Crippen molar-refractivity contribution in [3.63, 3.8) is 0 Å². The molecule has 1 rings (SSSR count). The van der Waals surface area contributed by atoms with E-state index in [0.29, 0.717) is 4.60 Å². The molecule has 0 unspecified atom stereocenters. The largest absolute Gasteiger partial charge is 0.187 e. The highest BCUT2D eigenvalue weighted by Gasteiger charge is 1.85. The minimum atomic E-state index is 0.0750. The second kappa shape index (κ2) is 1.61. The van der Waals surface area contributed by atoms with Crippen LogP contribution in [0.1, 0.15) is 1.37 Å². The van der Waals surface area contributed by atoms with Crippen LogP contribution in [0.2, 0.25) is 0 Å². The molecule has 1 aromatic rings. The number of nitrogens with zero attached hydrogens (tertiary/aromatic N) is 3. The van der Waals surface area contributed by atoms with Gasteiger partial charge in [-0.15, -0.1) is 5.10 Å². The molecule has 4 heteroatoms. The zero-order chi connectivity index (χ0) is 5.98. The van der Waals surface area contributed by atoms with E-state index >= 15 is 0 Å². The van der Waals surface area contributed by atoms with Crippen LogP contribution < -0.4 is 0 Å². The molecule has 0 spiro atoms. The summed E-state index contributed by atoms with van der Waals surface area (Å²) in [5, 5.41) is 7.47. The van der Waals surface area contributed by atoms with Gasteiger partial charge in [0.2, 0.25) is 0 Å². The summed E-state index contributed by atoms with van der Waals surface area (Å²) in [6.07, 6.45) is 1.55. The summed E-state index contributed by atoms with van der Waals surface area (Å²) in [6.45, 7) is 0. The first kappa shape index (κ1) is 3.60. The second-order valence-electron chi connectivity index (χ2n) is 1.04. The average Bonchev–Trinajstić information content (AvgIpc) is 2.14. The van der Waals surface area contributed by atoms with Gasteiger partial charge in [0.1, 0.15) is 4.60 Å². The summed E-state index contributed by atoms with van der Waals surface area (Å²) < 4.78 is 7.45. The van der Waals surface area contributed by atoms with Crippen molar-refractivity contribution in [1.82, 2.24) is 15.0 Å². The minimum absolute atomic E-state index is 0.0750. The molecule has 0 aliphatic heterocycles. The number of rotatable bonds is 0. The van der Waals surface area contributed by atoms with Crippen molar-refractivity contribution in [2.75, 3.05) is 0 Å². The third kappa shape index (κ3) is 0.991. The van der Waals surface area contributed by atoms with E-state index < -0.39 is 0 Å². The molecular formula is C3H4BrN3. The fraction of sp³-hybridized carbons (Fsp3) is 0.333. The third-order valence-electron chi connectivity index (χ3n) is 0.509. The molecule has 0 saturated carbocycles. The van der Waals surface area contributed by atoms with Crippen molar-refractivity contribution in [1.29, 1.82) is 0 Å². The molecule has 1 aromatic heterocycles. The molecule has 0 N–H and O–H groups in total. The zero-order valence-electron chi connectivity index (χ0n) is 4.50. The molecule has 0 aliphatic rings. The smallest absolute Gasteiger partial charge is 0.148 e. The summed E-state index contributed by atoms with van der Waals surface area (Å²) in [7, 11) is 0.0750. The van der Waals surface area contributed by atoms with Crippen molar-refractivity contribution in [3.8, 4) is 0 Å². The van der Waals surface area contributed by atoms with Crippen LogP contribution in [0.25, 0.3) is 0 Å². The van der Waals surface area contributed by atoms with Gasteiger partial charge in [0.25, 0.3) is 0 Å². The Bertz CT molecular complexity index is 175. The maximum absolute atomic E-state index is 6.77. The Hall–Kier alpha value is -0.380. The Morgan fingerprint density at radius 2 is 3.00 bits per heavy atom. The van der Waals surface area contributed by atoms with Crippen molar-refractivity contribution in [3.05, 3.63) is 10.8 Å². The van der Waals surface area contributed by atoms with Crippen LogP contribution in [0, 0.1) is 0 Å². The van der Waals surface area contributed by atoms with Crippen LogP contribution in [-0.4, -0.2) is 15.0 Å². The molecule has 0 aliphatic carbocycles. The van der Waals surface area contributed by atoms with E-state index in [0.717, 1.165) is 0 Å². The molecular weight excluding hydrogens is 158 g/mol. The SMILES string of the molecule is [2H]Cn1ncc(Br)n1. The van der Waals surface area contributed by atoms with E-state index in [9.17, 15) is 0 Å². The molecule has 7 heavy (non-hydrogen) atoms. The summed E-state index contributed by atoms with van der Waals surface area (Å²) in [5.41, 5.74) is 0. The molecule has 0 bridgehead atoms. The lowest BCUT2D eigenvalue weighted by atomic mass is 11.0. The number of aromatic nitrogens is 3. The minimum Gasteiger partial charge on any atom is -0.187 e. The van der Waals surface area contributed by atoms with Crippen LogP contribution in [0.3, 0.4) is 0 Å². The predicted octanol–water partition coefficient (Wildman–Crippen LogP) is 0.578. The van der Waals surface area contributed by atoms with Crippen molar-refractivity contribution in [2.24, 2.45) is 7.02 Å². The molecule has 0 amide bonds. The first-order valence-electron chi connectivity index (χ1n) is 2.38. The average molecular weight is 163 g/mol. The monoisotopic (exact) mass is 162 g/mol. The molecule has 3 nitrogen and oxygen atoms in total. The third-order valence-corrected chi connectivity index (χ3v) is 0.872. The van der Waals surface area contributed by atoms with Crippen LogP contribution >= 0.6 is 15.9 Å². The van der Waals surface area contributed by atoms with E-state index in [1.807, 2.05) is 0 Å². The topological polar surface area (TPSA) is 30.7 Å². The molecule has 38 valence electrons. The lowest BCUT2D eigenvalue weighted by molar-refractivity contribution is 0.651. The lowest BCUT2D eigenvalue weighted by Gasteiger charge is -1.76. The highest BCUT2D eigenvalue weighted by Crippen LogP contribution is 1.98. The molecule has 1 heterocycles. The highest BCUT2D eigenvalue weighted by molar-refractivity contribution is 9.10. The maximum atomic E-state index is 6.77. The zero-order valence-corrected chi connectivity index (χ0v) is 5.09. The van der Waals surface area contributed by atoms with Crippen molar-refractivity contribution >= 4 is 15.9 Å². The van der Waals surface area contributed by atoms with Gasteiger partial charge in [-0.2, -0.15) is 9.90 Å². The van der Waals surface area contributed by atoms with Crippen molar-refractivity contribution < 1.29 is 1.37 Å². The van der Waals surface area contributed by atoms with Gasteiger partial charge in [-0.05, 0) is 15.9 Å². The molecule has 0 saturated heterocycles. The Kier molecular flexibility index (Phi) is 0.830. The highest BCUT2D eigenvalue weighted by atomic mass is 79.9. The first-order chi connectivity index (χ1) is 3.83. The molecule has 0 fully saturated rings. The summed E-state index contributed by atoms with van der Waals surface area (Å²) in [4.78, 5) is 1.28. The van der Waals surface area contributed by atoms with Gasteiger partial charge < -0.3 is 0 Å². The Labute approximate surface area is 50.9 Å². The van der Waals surface area contributed by atoms with Gasteiger partial charge in [0.05, 0.1) is 6.20 Å². The number of hydrogen-bond acceptors (Lipinski definition) is 2. The fourth-order valence-electron chi connectivity index (χ4n) is 0.276. The number of aryl methyl sites for hydroxylation is 1. The predicted molar refractivity (Wildman–Crippen MR) is 28.7 cm³/mol. The van der Waals surface area contributed by atoms with Crippen LogP contribution in [0.5, 0.6) is 0 Å². The Morgan fingerprint density at radius 3 is 3.29 bits per heavy atom. The van der Waals surface area contributed by atoms with E-state index in [4.69, 9.17) is 1.37 Å². The fourth-order valence-corrected chi connectivity index (χ4v) is 0.551. The first-order valence-corrected chi connectivity index (χ1v) is 2.47. The van der Waals surface area contributed by atoms with Gasteiger partial charge >= 0.3 is 0 Å². The Morgan fingerprint density at radius 1 is 2.14 bits per heavy atom. The molecule has 0 aromatic carbocycles. The number of hydrogen-bond donors (Lipinski definition) is 0. The summed E-state index contributed by atoms with van der Waals surface area (Å²) >= 11 is 3.10. The Balaban J connectivity index is 2.84. The van der Waals surface area contributed by atoms with Gasteiger partial charge in [0.15, 0.2) is 0 Å². The second-order valence-corrected chi connectivity index (χ2v) is 1.85. The number of halogens is 1. The van der Waals surface area contributed by atoms with Crippen LogP contribution in [0.15, 0.2) is 10.8 Å². The van der Waals surface area contributed by atoms with Gasteiger partial charge in [-0.25, -0.2) is 0 Å². The molecule has 0 atom stereocenters. The van der Waals surface area contributed by atoms with E-state index in [1.165, 1.54) is 4.80 Å². The van der Waals surface area contributed by atoms with Gasteiger partial charge in [-0.1, -0.05) is 0 Å². The summed E-state index contributed by atoms with van der Waals surface area (Å²) in [6, 6.07) is 0. The van der Waals surface area contributed by atoms with Gasteiger partial charge in [-0.3, -0.25) is 0 Å². The van der Waals surface area contributed by atoms with E-state index in [-0.39, 0.29) is 7.02 Å². The summed E-state index contributed by atoms with van der Waals surface area (Å²) in [5.74, 6) is 0. The maximum Gasteiger partial charge on any atom is 0.148 e. The normalized spacial score (nSPS) is 11.3. The van der Waals surface area contributed by atoms with Crippen LogP contribution in [-0.2, 0) is 7.02 Å². The quantitative estimate of drug-likeness (QED) is 0.559.